The van der Waals surface area contributed by atoms with Crippen LogP contribution in [0.15, 0.2) is 6.07 Å². The van der Waals surface area contributed by atoms with E-state index in [0.29, 0.717) is 13.1 Å². The second-order valence-corrected chi connectivity index (χ2v) is 6.48. The molecule has 0 bridgehead atoms. The molecule has 20 heavy (non-hydrogen) atoms. The number of aromatic nitrogens is 2. The van der Waals surface area contributed by atoms with E-state index in [9.17, 15) is 4.79 Å². The van der Waals surface area contributed by atoms with Crippen molar-refractivity contribution in [1.29, 1.82) is 0 Å². The Morgan fingerprint density at radius 1 is 1.45 bits per heavy atom. The zero-order valence-corrected chi connectivity index (χ0v) is 12.6. The minimum Gasteiger partial charge on any atom is -0.368 e. The van der Waals surface area contributed by atoms with E-state index in [-0.39, 0.29) is 17.1 Å². The molecule has 2 heterocycles. The van der Waals surface area contributed by atoms with Gasteiger partial charge >= 0.3 is 0 Å². The number of aryl methyl sites for hydroxylation is 1. The van der Waals surface area contributed by atoms with Gasteiger partial charge in [0.2, 0.25) is 11.2 Å². The van der Waals surface area contributed by atoms with Crippen LogP contribution in [0.4, 0.5) is 5.82 Å². The number of rotatable bonds is 5. The van der Waals surface area contributed by atoms with E-state index in [0.717, 1.165) is 28.9 Å². The molecule has 3 rings (SSSR count). The summed E-state index contributed by atoms with van der Waals surface area (Å²) in [5.41, 5.74) is 0. The third kappa shape index (κ3) is 3.02. The molecule has 7 heteroatoms. The van der Waals surface area contributed by atoms with Gasteiger partial charge in [-0.05, 0) is 37.4 Å². The molecule has 2 aromatic rings. The molecule has 0 spiro atoms. The lowest BCUT2D eigenvalue weighted by Gasteiger charge is -2.08. The molecule has 1 aliphatic rings. The molecule has 2 aromatic heterocycles. The van der Waals surface area contributed by atoms with Crippen molar-refractivity contribution >= 4 is 44.9 Å². The minimum absolute atomic E-state index is 0.157. The minimum atomic E-state index is 0.157. The number of halogens is 1. The van der Waals surface area contributed by atoms with E-state index in [4.69, 9.17) is 11.6 Å². The summed E-state index contributed by atoms with van der Waals surface area (Å²) in [5, 5.41) is 7.34. The van der Waals surface area contributed by atoms with Crippen LogP contribution in [0.2, 0.25) is 5.28 Å². The standard InChI is InChI=1S/C13H15ClN4OS/c1-7-6-9-10(17-13(14)18-12(9)20-7)15-4-5-16-11(19)8-2-3-8/h6,8H,2-5H2,1H3,(H,16,19)(H,15,17,18). The molecule has 1 saturated carbocycles. The van der Waals surface area contributed by atoms with E-state index in [1.54, 1.807) is 11.3 Å². The van der Waals surface area contributed by atoms with Crippen molar-refractivity contribution in [1.82, 2.24) is 15.3 Å². The SMILES string of the molecule is Cc1cc2c(NCCNC(=O)C3CC3)nc(Cl)nc2s1. The summed E-state index contributed by atoms with van der Waals surface area (Å²) in [6.07, 6.45) is 2.05. The summed E-state index contributed by atoms with van der Waals surface area (Å²) in [7, 11) is 0. The fraction of sp³-hybridized carbons (Fsp3) is 0.462. The van der Waals surface area contributed by atoms with Gasteiger partial charge in [-0.15, -0.1) is 11.3 Å². The number of hydrogen-bond donors (Lipinski definition) is 2. The van der Waals surface area contributed by atoms with E-state index in [1.165, 1.54) is 4.88 Å². The first-order valence-corrected chi connectivity index (χ1v) is 7.78. The third-order valence-corrected chi connectivity index (χ3v) is 4.27. The van der Waals surface area contributed by atoms with Crippen LogP contribution >= 0.6 is 22.9 Å². The molecular weight excluding hydrogens is 296 g/mol. The molecule has 1 amide bonds. The van der Waals surface area contributed by atoms with Crippen molar-refractivity contribution in [3.05, 3.63) is 16.2 Å². The van der Waals surface area contributed by atoms with Gasteiger partial charge in [-0.3, -0.25) is 4.79 Å². The van der Waals surface area contributed by atoms with Crippen molar-refractivity contribution in [2.75, 3.05) is 18.4 Å². The molecule has 1 fully saturated rings. The number of nitrogens with zero attached hydrogens (tertiary/aromatic N) is 2. The summed E-state index contributed by atoms with van der Waals surface area (Å²) >= 11 is 7.51. The van der Waals surface area contributed by atoms with Crippen molar-refractivity contribution in [3.63, 3.8) is 0 Å². The molecule has 1 aliphatic carbocycles. The predicted octanol–water partition coefficient (Wildman–Crippen LogP) is 2.59. The fourth-order valence-electron chi connectivity index (χ4n) is 2.01. The highest BCUT2D eigenvalue weighted by Crippen LogP contribution is 2.29. The average Bonchev–Trinajstić information content (AvgIpc) is 3.17. The highest BCUT2D eigenvalue weighted by molar-refractivity contribution is 7.18. The Morgan fingerprint density at radius 3 is 3.00 bits per heavy atom. The Labute approximate surface area is 125 Å². The first-order chi connectivity index (χ1) is 9.63. The highest BCUT2D eigenvalue weighted by Gasteiger charge is 2.28. The number of fused-ring (bicyclic) bond motifs is 1. The van der Waals surface area contributed by atoms with Crippen LogP contribution in [-0.4, -0.2) is 29.0 Å². The van der Waals surface area contributed by atoms with Crippen molar-refractivity contribution in [3.8, 4) is 0 Å². The van der Waals surface area contributed by atoms with E-state index < -0.39 is 0 Å². The first kappa shape index (κ1) is 13.6. The number of carbonyl (C=O) groups excluding carboxylic acids is 1. The van der Waals surface area contributed by atoms with Gasteiger partial charge in [0.05, 0.1) is 5.39 Å². The second kappa shape index (κ2) is 5.54. The van der Waals surface area contributed by atoms with E-state index in [2.05, 4.69) is 20.6 Å². The van der Waals surface area contributed by atoms with Gasteiger partial charge in [-0.25, -0.2) is 9.97 Å². The number of carbonyl (C=O) groups is 1. The Hall–Kier alpha value is -1.40. The Morgan fingerprint density at radius 2 is 2.25 bits per heavy atom. The number of anilines is 1. The Bertz CT molecular complexity index is 653. The van der Waals surface area contributed by atoms with Crippen molar-refractivity contribution in [2.24, 2.45) is 5.92 Å². The number of amides is 1. The molecule has 2 N–H and O–H groups in total. The van der Waals surface area contributed by atoms with Gasteiger partial charge in [-0.2, -0.15) is 0 Å². The summed E-state index contributed by atoms with van der Waals surface area (Å²) in [6, 6.07) is 2.04. The maximum Gasteiger partial charge on any atom is 0.225 e. The maximum atomic E-state index is 11.5. The molecule has 0 aliphatic heterocycles. The van der Waals surface area contributed by atoms with Crippen LogP contribution in [0.25, 0.3) is 10.2 Å². The van der Waals surface area contributed by atoms with E-state index >= 15 is 0 Å². The van der Waals surface area contributed by atoms with Crippen LogP contribution in [0.3, 0.4) is 0 Å². The van der Waals surface area contributed by atoms with Crippen molar-refractivity contribution < 1.29 is 4.79 Å². The van der Waals surface area contributed by atoms with Gasteiger partial charge in [0.15, 0.2) is 0 Å². The van der Waals surface area contributed by atoms with Crippen LogP contribution in [0, 0.1) is 12.8 Å². The summed E-state index contributed by atoms with van der Waals surface area (Å²) < 4.78 is 0. The average molecular weight is 311 g/mol. The maximum absolute atomic E-state index is 11.5. The highest BCUT2D eigenvalue weighted by atomic mass is 35.5. The summed E-state index contributed by atoms with van der Waals surface area (Å²) in [4.78, 5) is 22.0. The lowest BCUT2D eigenvalue weighted by molar-refractivity contribution is -0.122. The van der Waals surface area contributed by atoms with Crippen LogP contribution < -0.4 is 10.6 Å². The fourth-order valence-corrected chi connectivity index (χ4v) is 3.11. The first-order valence-electron chi connectivity index (χ1n) is 6.59. The Balaban J connectivity index is 1.62. The van der Waals surface area contributed by atoms with Crippen LogP contribution in [0.5, 0.6) is 0 Å². The summed E-state index contributed by atoms with van der Waals surface area (Å²) in [6.45, 7) is 3.23. The number of nitrogens with one attached hydrogen (secondary N) is 2. The predicted molar refractivity (Wildman–Crippen MR) is 81.4 cm³/mol. The second-order valence-electron chi connectivity index (χ2n) is 4.91. The third-order valence-electron chi connectivity index (χ3n) is 3.15. The monoisotopic (exact) mass is 310 g/mol. The van der Waals surface area contributed by atoms with Gasteiger partial charge in [0.25, 0.3) is 0 Å². The zero-order chi connectivity index (χ0) is 14.1. The van der Waals surface area contributed by atoms with Gasteiger partial charge in [-0.1, -0.05) is 0 Å². The lowest BCUT2D eigenvalue weighted by Crippen LogP contribution is -2.29. The molecule has 0 saturated heterocycles. The normalized spacial score (nSPS) is 14.5. The zero-order valence-electron chi connectivity index (χ0n) is 11.1. The number of hydrogen-bond acceptors (Lipinski definition) is 5. The van der Waals surface area contributed by atoms with Gasteiger partial charge in [0.1, 0.15) is 10.6 Å². The molecule has 5 nitrogen and oxygen atoms in total. The molecular formula is C13H15ClN4OS. The summed E-state index contributed by atoms with van der Waals surface area (Å²) in [5.74, 6) is 1.13. The van der Waals surface area contributed by atoms with Gasteiger partial charge in [0, 0.05) is 23.9 Å². The molecule has 0 unspecified atom stereocenters. The van der Waals surface area contributed by atoms with Gasteiger partial charge < -0.3 is 10.6 Å². The molecule has 0 atom stereocenters. The van der Waals surface area contributed by atoms with E-state index in [1.807, 2.05) is 13.0 Å². The van der Waals surface area contributed by atoms with Crippen LogP contribution in [-0.2, 0) is 4.79 Å². The largest absolute Gasteiger partial charge is 0.368 e. The molecule has 0 aromatic carbocycles. The van der Waals surface area contributed by atoms with Crippen molar-refractivity contribution in [2.45, 2.75) is 19.8 Å². The Kier molecular flexibility index (Phi) is 3.76. The quantitative estimate of drug-likeness (QED) is 0.658. The molecule has 0 radical (unpaired) electrons. The van der Waals surface area contributed by atoms with Crippen LogP contribution in [0.1, 0.15) is 17.7 Å². The lowest BCUT2D eigenvalue weighted by atomic mass is 10.3. The smallest absolute Gasteiger partial charge is 0.225 e. The number of thiophene rings is 1. The molecule has 106 valence electrons. The topological polar surface area (TPSA) is 66.9 Å².